The van der Waals surface area contributed by atoms with E-state index in [1.165, 1.54) is 0 Å². The highest BCUT2D eigenvalue weighted by Crippen LogP contribution is 2.42. The summed E-state index contributed by atoms with van der Waals surface area (Å²) in [6.45, 7) is 4.13. The molecule has 2 aliphatic rings. The van der Waals surface area contributed by atoms with Crippen molar-refractivity contribution in [2.75, 3.05) is 0 Å². The molecule has 0 aromatic rings. The van der Waals surface area contributed by atoms with Crippen LogP contribution in [0.1, 0.15) is 26.7 Å². The zero-order valence-electron chi connectivity index (χ0n) is 8.39. The third-order valence-corrected chi connectivity index (χ3v) is 3.53. The van der Waals surface area contributed by atoms with Gasteiger partial charge in [0.1, 0.15) is 12.3 Å². The van der Waals surface area contributed by atoms with E-state index in [0.717, 1.165) is 22.9 Å². The molecular formula is C11H14BrFO. The van der Waals surface area contributed by atoms with Gasteiger partial charge < -0.3 is 4.74 Å². The van der Waals surface area contributed by atoms with Gasteiger partial charge in [0.2, 0.25) is 0 Å². The minimum atomic E-state index is -1.00. The van der Waals surface area contributed by atoms with Gasteiger partial charge in [0, 0.05) is 10.9 Å². The Balaban J connectivity index is 2.25. The Morgan fingerprint density at radius 1 is 1.71 bits per heavy atom. The van der Waals surface area contributed by atoms with Gasteiger partial charge in [-0.3, -0.25) is 0 Å². The van der Waals surface area contributed by atoms with Crippen LogP contribution in [0.4, 0.5) is 4.39 Å². The van der Waals surface area contributed by atoms with Crippen molar-refractivity contribution in [3.63, 3.8) is 0 Å². The van der Waals surface area contributed by atoms with Crippen LogP contribution in [0.2, 0.25) is 0 Å². The molecule has 2 rings (SSSR count). The molecule has 0 amide bonds. The maximum absolute atomic E-state index is 13.6. The number of rotatable bonds is 1. The van der Waals surface area contributed by atoms with E-state index in [4.69, 9.17) is 4.74 Å². The summed E-state index contributed by atoms with van der Waals surface area (Å²) in [5, 5.41) is 0. The first-order valence-electron chi connectivity index (χ1n) is 4.94. The fourth-order valence-electron chi connectivity index (χ4n) is 2.03. The maximum Gasteiger partial charge on any atom is 0.150 e. The van der Waals surface area contributed by atoms with Crippen molar-refractivity contribution >= 4 is 15.9 Å². The van der Waals surface area contributed by atoms with Crippen LogP contribution in [0.3, 0.4) is 0 Å². The molecule has 1 nitrogen and oxygen atoms in total. The molecule has 0 radical (unpaired) electrons. The summed E-state index contributed by atoms with van der Waals surface area (Å²) in [5.41, 5.74) is 0.906. The van der Waals surface area contributed by atoms with Gasteiger partial charge in [-0.1, -0.05) is 22.9 Å². The molecule has 0 aromatic carbocycles. The standard InChI is InChI=1S/C11H14BrFO/c1-3-11(2)6-7-4-8(12)5-9(13)10(7)14-11/h4-5,9-10H,3,6H2,1-2H3. The Labute approximate surface area is 92.1 Å². The molecule has 0 N–H and O–H groups in total. The monoisotopic (exact) mass is 260 g/mol. The summed E-state index contributed by atoms with van der Waals surface area (Å²) < 4.78 is 20.2. The fraction of sp³-hybridized carbons (Fsp3) is 0.636. The Kier molecular flexibility index (Phi) is 2.56. The van der Waals surface area contributed by atoms with E-state index in [0.29, 0.717) is 0 Å². The smallest absolute Gasteiger partial charge is 0.150 e. The molecule has 0 bridgehead atoms. The quantitative estimate of drug-likeness (QED) is 0.702. The van der Waals surface area contributed by atoms with Crippen molar-refractivity contribution in [3.05, 3.63) is 22.2 Å². The Hall–Kier alpha value is -0.150. The summed E-state index contributed by atoms with van der Waals surface area (Å²) >= 11 is 3.31. The molecule has 1 heterocycles. The van der Waals surface area contributed by atoms with E-state index in [1.54, 1.807) is 6.08 Å². The van der Waals surface area contributed by atoms with E-state index < -0.39 is 6.17 Å². The lowest BCUT2D eigenvalue weighted by Crippen LogP contribution is -2.28. The largest absolute Gasteiger partial charge is 0.364 e. The second-order valence-electron chi connectivity index (χ2n) is 4.23. The van der Waals surface area contributed by atoms with Gasteiger partial charge >= 0.3 is 0 Å². The Bertz CT molecular complexity index is 310. The number of fused-ring (bicyclic) bond motifs is 1. The van der Waals surface area contributed by atoms with Crippen LogP contribution in [0.15, 0.2) is 22.2 Å². The van der Waals surface area contributed by atoms with E-state index in [9.17, 15) is 4.39 Å². The van der Waals surface area contributed by atoms with E-state index in [2.05, 4.69) is 22.9 Å². The normalized spacial score (nSPS) is 41.7. The lowest BCUT2D eigenvalue weighted by Gasteiger charge is -2.23. The topological polar surface area (TPSA) is 9.23 Å². The zero-order chi connectivity index (χ0) is 10.3. The van der Waals surface area contributed by atoms with E-state index >= 15 is 0 Å². The van der Waals surface area contributed by atoms with Crippen LogP contribution in [0.25, 0.3) is 0 Å². The number of ether oxygens (including phenoxy) is 1. The second kappa shape index (κ2) is 3.46. The van der Waals surface area contributed by atoms with Gasteiger partial charge in [-0.25, -0.2) is 4.39 Å². The zero-order valence-corrected chi connectivity index (χ0v) is 9.97. The van der Waals surface area contributed by atoms with Crippen LogP contribution in [0.5, 0.6) is 0 Å². The Morgan fingerprint density at radius 2 is 2.43 bits per heavy atom. The van der Waals surface area contributed by atoms with Gasteiger partial charge in [-0.15, -0.1) is 0 Å². The third kappa shape index (κ3) is 1.68. The molecule has 1 saturated heterocycles. The minimum Gasteiger partial charge on any atom is -0.364 e. The lowest BCUT2D eigenvalue weighted by atomic mass is 9.93. The molecule has 3 unspecified atom stereocenters. The molecule has 3 atom stereocenters. The number of halogens is 2. The fourth-order valence-corrected chi connectivity index (χ4v) is 2.58. The molecular weight excluding hydrogens is 247 g/mol. The predicted molar refractivity (Wildman–Crippen MR) is 58.2 cm³/mol. The first-order valence-corrected chi connectivity index (χ1v) is 5.73. The maximum atomic E-state index is 13.6. The summed E-state index contributed by atoms with van der Waals surface area (Å²) in [6.07, 6.45) is 3.97. The highest BCUT2D eigenvalue weighted by atomic mass is 79.9. The summed E-state index contributed by atoms with van der Waals surface area (Å²) in [6, 6.07) is 0. The van der Waals surface area contributed by atoms with Crippen LogP contribution < -0.4 is 0 Å². The van der Waals surface area contributed by atoms with Gasteiger partial charge in [-0.05, 0) is 31.1 Å². The van der Waals surface area contributed by atoms with Gasteiger partial charge in [-0.2, -0.15) is 0 Å². The number of hydrogen-bond donors (Lipinski definition) is 0. The number of alkyl halides is 1. The first-order chi connectivity index (χ1) is 6.54. The van der Waals surface area contributed by atoms with Crippen LogP contribution in [-0.4, -0.2) is 17.9 Å². The molecule has 0 spiro atoms. The highest BCUT2D eigenvalue weighted by Gasteiger charge is 2.42. The second-order valence-corrected chi connectivity index (χ2v) is 5.15. The highest BCUT2D eigenvalue weighted by molar-refractivity contribution is 9.11. The van der Waals surface area contributed by atoms with Crippen molar-refractivity contribution in [3.8, 4) is 0 Å². The average molecular weight is 261 g/mol. The molecule has 3 heteroatoms. The molecule has 14 heavy (non-hydrogen) atoms. The van der Waals surface area contributed by atoms with Gasteiger partial charge in [0.15, 0.2) is 0 Å². The molecule has 78 valence electrons. The minimum absolute atomic E-state index is 0.174. The van der Waals surface area contributed by atoms with Crippen molar-refractivity contribution in [2.24, 2.45) is 0 Å². The summed E-state index contributed by atoms with van der Waals surface area (Å²) in [7, 11) is 0. The van der Waals surface area contributed by atoms with Crippen molar-refractivity contribution in [1.29, 1.82) is 0 Å². The van der Waals surface area contributed by atoms with Crippen molar-refractivity contribution in [2.45, 2.75) is 44.6 Å². The van der Waals surface area contributed by atoms with Crippen molar-refractivity contribution < 1.29 is 9.13 Å². The lowest BCUT2D eigenvalue weighted by molar-refractivity contribution is -0.0472. The molecule has 1 fully saturated rings. The number of allylic oxidation sites excluding steroid dienone is 2. The van der Waals surface area contributed by atoms with Gasteiger partial charge in [0.05, 0.1) is 5.60 Å². The Morgan fingerprint density at radius 3 is 3.07 bits per heavy atom. The molecule has 1 aliphatic carbocycles. The third-order valence-electron chi connectivity index (χ3n) is 3.03. The van der Waals surface area contributed by atoms with E-state index in [1.807, 2.05) is 13.0 Å². The summed E-state index contributed by atoms with van der Waals surface area (Å²) in [4.78, 5) is 0. The molecule has 0 aromatic heterocycles. The predicted octanol–water partition coefficient (Wildman–Crippen LogP) is 3.50. The van der Waals surface area contributed by atoms with Crippen LogP contribution in [-0.2, 0) is 4.74 Å². The summed E-state index contributed by atoms with van der Waals surface area (Å²) in [5.74, 6) is 0. The molecule has 1 aliphatic heterocycles. The average Bonchev–Trinajstić information content (AvgIpc) is 2.43. The number of hydrogen-bond acceptors (Lipinski definition) is 1. The van der Waals surface area contributed by atoms with Crippen LogP contribution >= 0.6 is 15.9 Å². The first kappa shape index (κ1) is 10.4. The van der Waals surface area contributed by atoms with E-state index in [-0.39, 0.29) is 11.7 Å². The SMILES string of the molecule is CCC1(C)CC2=CC(Br)=CC(F)C2O1. The van der Waals surface area contributed by atoms with Crippen molar-refractivity contribution in [1.82, 2.24) is 0 Å². The van der Waals surface area contributed by atoms with Crippen LogP contribution in [0, 0.1) is 0 Å². The molecule has 0 saturated carbocycles. The van der Waals surface area contributed by atoms with Gasteiger partial charge in [0.25, 0.3) is 0 Å².